The second-order valence-electron chi connectivity index (χ2n) is 9.53. The second kappa shape index (κ2) is 6.75. The number of hydrogen-bond donors (Lipinski definition) is 0. The van der Waals surface area contributed by atoms with E-state index in [9.17, 15) is 10.5 Å². The number of hydrogen-bond acceptors (Lipinski definition) is 4. The van der Waals surface area contributed by atoms with E-state index in [0.717, 1.165) is 32.9 Å². The Labute approximate surface area is 206 Å². The van der Waals surface area contributed by atoms with Crippen LogP contribution in [0, 0.1) is 22.7 Å². The third-order valence-corrected chi connectivity index (χ3v) is 7.86. The molecular weight excluding hydrogens is 440 g/mol. The Bertz CT molecular complexity index is 1850. The van der Waals surface area contributed by atoms with Crippen LogP contribution in [0.25, 0.3) is 32.6 Å². The van der Waals surface area contributed by atoms with Crippen molar-refractivity contribution in [1.29, 1.82) is 10.5 Å². The van der Waals surface area contributed by atoms with Gasteiger partial charge >= 0.3 is 0 Å². The molecule has 0 N–H and O–H groups in total. The first-order chi connectivity index (χ1) is 17.8. The van der Waals surface area contributed by atoms with Crippen molar-refractivity contribution in [2.75, 3.05) is 0 Å². The van der Waals surface area contributed by atoms with Gasteiger partial charge in [0.2, 0.25) is 0 Å². The highest BCUT2D eigenvalue weighted by Gasteiger charge is 2.43. The van der Waals surface area contributed by atoms with Crippen LogP contribution < -0.4 is 0 Å². The second-order valence-corrected chi connectivity index (χ2v) is 9.53. The molecule has 164 valence electrons. The number of fused-ring (bicyclic) bond motifs is 3. The minimum absolute atomic E-state index is 0.0429. The van der Waals surface area contributed by atoms with Gasteiger partial charge < -0.3 is 0 Å². The molecule has 0 spiro atoms. The molecule has 0 aliphatic heterocycles. The molecule has 0 saturated heterocycles. The predicted octanol–water partition coefficient (Wildman–Crippen LogP) is 6.67. The molecule has 0 unspecified atom stereocenters. The van der Waals surface area contributed by atoms with Gasteiger partial charge in [0.15, 0.2) is 0 Å². The molecule has 4 nitrogen and oxygen atoms in total. The van der Waals surface area contributed by atoms with Crippen molar-refractivity contribution in [1.82, 2.24) is 9.97 Å². The van der Waals surface area contributed by atoms with Crippen molar-refractivity contribution in [3.05, 3.63) is 130 Å². The first kappa shape index (κ1) is 19.3. The van der Waals surface area contributed by atoms with Crippen LogP contribution in [0.4, 0.5) is 0 Å². The Morgan fingerprint density at radius 1 is 0.528 bits per heavy atom. The Hall–Kier alpha value is -5.06. The third-order valence-electron chi connectivity index (χ3n) is 7.86. The highest BCUT2D eigenvalue weighted by molar-refractivity contribution is 6.11. The molecule has 0 saturated carbocycles. The van der Waals surface area contributed by atoms with Gasteiger partial charge in [0.1, 0.15) is 23.2 Å². The summed E-state index contributed by atoms with van der Waals surface area (Å²) in [4.78, 5) is 10.3. The highest BCUT2D eigenvalue weighted by Crippen LogP contribution is 2.55. The van der Waals surface area contributed by atoms with Crippen molar-refractivity contribution < 1.29 is 0 Å². The van der Waals surface area contributed by atoms with E-state index in [1.165, 1.54) is 22.3 Å². The maximum Gasteiger partial charge on any atom is 0.109 e. The van der Waals surface area contributed by atoms with Crippen molar-refractivity contribution in [2.45, 2.75) is 11.8 Å². The summed E-state index contributed by atoms with van der Waals surface area (Å²) in [5, 5.41) is 24.2. The molecule has 1 aromatic heterocycles. The first-order valence-corrected chi connectivity index (χ1v) is 12.0. The van der Waals surface area contributed by atoms with Crippen molar-refractivity contribution >= 4 is 32.6 Å². The maximum absolute atomic E-state index is 10.3. The average Bonchev–Trinajstić information content (AvgIpc) is 2.93. The lowest BCUT2D eigenvalue weighted by molar-refractivity contribution is 0.709. The molecule has 0 radical (unpaired) electrons. The lowest BCUT2D eigenvalue weighted by Gasteiger charge is -2.40. The summed E-state index contributed by atoms with van der Waals surface area (Å²) < 4.78 is 0. The van der Waals surface area contributed by atoms with Crippen LogP contribution >= 0.6 is 0 Å². The topological polar surface area (TPSA) is 73.4 Å². The van der Waals surface area contributed by atoms with Crippen molar-refractivity contribution in [3.63, 3.8) is 0 Å². The number of nitrogens with zero attached hydrogens (tertiary/aromatic N) is 4. The Morgan fingerprint density at radius 3 is 1.25 bits per heavy atom. The Morgan fingerprint density at radius 2 is 0.889 bits per heavy atom. The molecule has 3 aliphatic carbocycles. The van der Waals surface area contributed by atoms with Crippen LogP contribution in [-0.4, -0.2) is 9.97 Å². The summed E-state index contributed by atoms with van der Waals surface area (Å²) in [5.74, 6) is -0.0858. The van der Waals surface area contributed by atoms with Gasteiger partial charge in [-0.15, -0.1) is 0 Å². The molecule has 36 heavy (non-hydrogen) atoms. The molecule has 6 aromatic rings. The predicted molar refractivity (Wildman–Crippen MR) is 139 cm³/mol. The zero-order chi connectivity index (χ0) is 24.0. The Kier molecular flexibility index (Phi) is 3.61. The molecule has 0 fully saturated rings. The molecular formula is C32H16N4. The zero-order valence-corrected chi connectivity index (χ0v) is 19.0. The van der Waals surface area contributed by atoms with E-state index in [2.05, 4.69) is 60.7 Å². The van der Waals surface area contributed by atoms with Crippen LogP contribution in [0.5, 0.6) is 0 Å². The lowest BCUT2D eigenvalue weighted by atomic mass is 9.64. The summed E-state index contributed by atoms with van der Waals surface area (Å²) in [6.45, 7) is 0. The van der Waals surface area contributed by atoms with Crippen molar-refractivity contribution in [2.24, 2.45) is 0 Å². The molecule has 3 aliphatic rings. The molecule has 0 amide bonds. The van der Waals surface area contributed by atoms with E-state index in [0.29, 0.717) is 22.2 Å². The molecule has 5 aromatic carbocycles. The largest absolute Gasteiger partial charge is 0.247 e. The number of rotatable bonds is 0. The van der Waals surface area contributed by atoms with Gasteiger partial charge in [-0.3, -0.25) is 0 Å². The van der Waals surface area contributed by atoms with E-state index in [1.54, 1.807) is 0 Å². The minimum atomic E-state index is -0.0429. The fraction of sp³-hybridized carbons (Fsp3) is 0.0625. The monoisotopic (exact) mass is 456 g/mol. The van der Waals surface area contributed by atoms with Crippen LogP contribution in [0.2, 0.25) is 0 Å². The summed E-state index contributed by atoms with van der Waals surface area (Å²) in [6.07, 6.45) is 0. The van der Waals surface area contributed by atoms with Gasteiger partial charge in [-0.1, -0.05) is 72.8 Å². The molecule has 9 rings (SSSR count). The smallest absolute Gasteiger partial charge is 0.109 e. The van der Waals surface area contributed by atoms with Gasteiger partial charge in [-0.25, -0.2) is 9.97 Å². The normalized spacial score (nSPS) is 16.8. The zero-order valence-electron chi connectivity index (χ0n) is 19.0. The summed E-state index contributed by atoms with van der Waals surface area (Å²) in [6, 6.07) is 33.8. The van der Waals surface area contributed by atoms with Crippen LogP contribution in [0.1, 0.15) is 56.6 Å². The van der Waals surface area contributed by atoms with Gasteiger partial charge in [-0.05, 0) is 45.2 Å². The highest BCUT2D eigenvalue weighted by atomic mass is 14.9. The maximum atomic E-state index is 10.3. The lowest BCUT2D eigenvalue weighted by Crippen LogP contribution is -2.29. The standard InChI is InChI=1S/C32H16N4/c33-15-25-23-13-17-7-1-2-8-18(17)14-24(23)26(16-34)30-29(25)35-31-27-19-9-3-5-11-21(19)28(32(31)36-30)22-12-6-4-10-20(22)27/h1-14,27-28H. The minimum Gasteiger partial charge on any atom is -0.247 e. The molecule has 2 bridgehead atoms. The number of aromatic nitrogens is 2. The van der Waals surface area contributed by atoms with E-state index >= 15 is 0 Å². The quantitative estimate of drug-likeness (QED) is 0.239. The SMILES string of the molecule is N#Cc1c2cc3ccccc3cc2c(C#N)c2nc3c(nc12)C1c2ccccc2C3c2ccccc21. The fourth-order valence-electron chi connectivity index (χ4n) is 6.37. The average molecular weight is 457 g/mol. The fourth-order valence-corrected chi connectivity index (χ4v) is 6.37. The molecule has 1 heterocycles. The molecule has 0 atom stereocenters. The number of nitriles is 2. The summed E-state index contributed by atoms with van der Waals surface area (Å²) in [7, 11) is 0. The Balaban J connectivity index is 1.55. The molecule has 4 heteroatoms. The van der Waals surface area contributed by atoms with Gasteiger partial charge in [-0.2, -0.15) is 10.5 Å². The van der Waals surface area contributed by atoms with Crippen LogP contribution in [-0.2, 0) is 0 Å². The van der Waals surface area contributed by atoms with Gasteiger partial charge in [0.05, 0.1) is 34.4 Å². The van der Waals surface area contributed by atoms with Crippen LogP contribution in [0.3, 0.4) is 0 Å². The van der Waals surface area contributed by atoms with E-state index in [1.807, 2.05) is 36.4 Å². The van der Waals surface area contributed by atoms with Gasteiger partial charge in [0.25, 0.3) is 0 Å². The first-order valence-electron chi connectivity index (χ1n) is 12.0. The van der Waals surface area contributed by atoms with Crippen molar-refractivity contribution in [3.8, 4) is 12.1 Å². The van der Waals surface area contributed by atoms with E-state index in [4.69, 9.17) is 9.97 Å². The third kappa shape index (κ3) is 2.26. The van der Waals surface area contributed by atoms with E-state index in [-0.39, 0.29) is 11.8 Å². The van der Waals surface area contributed by atoms with Gasteiger partial charge in [0, 0.05) is 10.8 Å². The van der Waals surface area contributed by atoms with E-state index < -0.39 is 0 Å². The summed E-state index contributed by atoms with van der Waals surface area (Å²) >= 11 is 0. The van der Waals surface area contributed by atoms with Crippen LogP contribution in [0.15, 0.2) is 84.9 Å². The summed E-state index contributed by atoms with van der Waals surface area (Å²) in [5.41, 5.74) is 8.74. The number of benzene rings is 5.